The minimum absolute atomic E-state index is 0.132. The van der Waals surface area contributed by atoms with E-state index in [-0.39, 0.29) is 17.5 Å². The van der Waals surface area contributed by atoms with Crippen molar-refractivity contribution in [2.24, 2.45) is 0 Å². The van der Waals surface area contributed by atoms with E-state index in [1.54, 1.807) is 10.9 Å². The molecule has 3 rings (SSSR count). The Labute approximate surface area is 112 Å². The van der Waals surface area contributed by atoms with Gasteiger partial charge in [-0.25, -0.2) is 13.1 Å². The molecule has 0 aliphatic carbocycles. The molecular formula is C13H15N3O2S. The molecule has 6 heteroatoms. The van der Waals surface area contributed by atoms with E-state index in [9.17, 15) is 8.42 Å². The van der Waals surface area contributed by atoms with Crippen molar-refractivity contribution >= 4 is 15.7 Å². The van der Waals surface area contributed by atoms with Crippen LogP contribution in [0, 0.1) is 0 Å². The van der Waals surface area contributed by atoms with E-state index in [4.69, 9.17) is 5.73 Å². The fourth-order valence-electron chi connectivity index (χ4n) is 2.47. The largest absolute Gasteiger partial charge is 0.383 e. The van der Waals surface area contributed by atoms with Crippen LogP contribution in [-0.2, 0) is 9.84 Å². The summed E-state index contributed by atoms with van der Waals surface area (Å²) in [5.74, 6) is 0.887. The average molecular weight is 277 g/mol. The van der Waals surface area contributed by atoms with Crippen molar-refractivity contribution in [2.75, 3.05) is 17.2 Å². The van der Waals surface area contributed by atoms with Crippen LogP contribution in [0.15, 0.2) is 36.5 Å². The van der Waals surface area contributed by atoms with Gasteiger partial charge in [-0.2, -0.15) is 5.10 Å². The Morgan fingerprint density at radius 1 is 1.26 bits per heavy atom. The van der Waals surface area contributed by atoms with Gasteiger partial charge in [-0.05, 0) is 12.0 Å². The highest BCUT2D eigenvalue weighted by molar-refractivity contribution is 7.91. The monoisotopic (exact) mass is 277 g/mol. The van der Waals surface area contributed by atoms with E-state index in [0.29, 0.717) is 12.2 Å². The normalized spacial score (nSPS) is 21.6. The van der Waals surface area contributed by atoms with Gasteiger partial charge in [0.1, 0.15) is 5.82 Å². The molecule has 5 nitrogen and oxygen atoms in total. The second-order valence-electron chi connectivity index (χ2n) is 4.81. The third-order valence-electron chi connectivity index (χ3n) is 3.47. The Hall–Kier alpha value is -1.82. The smallest absolute Gasteiger partial charge is 0.152 e. The first-order valence-corrected chi connectivity index (χ1v) is 7.98. The molecule has 100 valence electrons. The summed E-state index contributed by atoms with van der Waals surface area (Å²) < 4.78 is 24.7. The number of benzene rings is 1. The maximum absolute atomic E-state index is 11.5. The van der Waals surface area contributed by atoms with Crippen LogP contribution in [-0.4, -0.2) is 29.7 Å². The number of sulfone groups is 1. The molecule has 1 aliphatic rings. The second-order valence-corrected chi connectivity index (χ2v) is 7.04. The fraction of sp³-hybridized carbons (Fsp3) is 0.308. The van der Waals surface area contributed by atoms with Crippen LogP contribution in [0.2, 0.25) is 0 Å². The van der Waals surface area contributed by atoms with Crippen LogP contribution in [0.3, 0.4) is 0 Å². The maximum Gasteiger partial charge on any atom is 0.152 e. The number of nitrogens with zero attached hydrogens (tertiary/aromatic N) is 2. The van der Waals surface area contributed by atoms with Crippen LogP contribution in [0.5, 0.6) is 0 Å². The van der Waals surface area contributed by atoms with Crippen molar-refractivity contribution in [1.29, 1.82) is 0 Å². The molecule has 1 fully saturated rings. The number of hydrogen-bond donors (Lipinski definition) is 1. The molecule has 0 radical (unpaired) electrons. The highest BCUT2D eigenvalue weighted by atomic mass is 32.2. The van der Waals surface area contributed by atoms with Crippen molar-refractivity contribution in [2.45, 2.75) is 12.5 Å². The molecular weight excluding hydrogens is 262 g/mol. The summed E-state index contributed by atoms with van der Waals surface area (Å²) in [5, 5.41) is 4.27. The first-order chi connectivity index (χ1) is 9.07. The lowest BCUT2D eigenvalue weighted by Crippen LogP contribution is -2.14. The van der Waals surface area contributed by atoms with Gasteiger partial charge < -0.3 is 5.73 Å². The molecule has 19 heavy (non-hydrogen) atoms. The molecule has 2 N–H and O–H groups in total. The summed E-state index contributed by atoms with van der Waals surface area (Å²) in [6, 6.07) is 9.60. The molecule has 1 aliphatic heterocycles. The number of nitrogen functional groups attached to an aromatic ring is 1. The summed E-state index contributed by atoms with van der Waals surface area (Å²) >= 11 is 0. The lowest BCUT2D eigenvalue weighted by molar-refractivity contribution is 0.507. The van der Waals surface area contributed by atoms with E-state index >= 15 is 0 Å². The van der Waals surface area contributed by atoms with Crippen LogP contribution in [0.4, 0.5) is 5.82 Å². The van der Waals surface area contributed by atoms with Crippen LogP contribution in [0.25, 0.3) is 11.1 Å². The lowest BCUT2D eigenvalue weighted by atomic mass is 10.1. The SMILES string of the molecule is Nc1c(-c2ccccc2)cnn1[C@H]1CCS(=O)(=O)C1. The van der Waals surface area contributed by atoms with Gasteiger partial charge in [-0.1, -0.05) is 30.3 Å². The van der Waals surface area contributed by atoms with Gasteiger partial charge in [0.05, 0.1) is 23.7 Å². The lowest BCUT2D eigenvalue weighted by Gasteiger charge is -2.11. The molecule has 0 unspecified atom stereocenters. The van der Waals surface area contributed by atoms with E-state index in [0.717, 1.165) is 11.1 Å². The molecule has 0 bridgehead atoms. The van der Waals surface area contributed by atoms with E-state index < -0.39 is 9.84 Å². The fourth-order valence-corrected chi connectivity index (χ4v) is 4.16. The van der Waals surface area contributed by atoms with Gasteiger partial charge in [0.15, 0.2) is 9.84 Å². The summed E-state index contributed by atoms with van der Waals surface area (Å²) in [6.07, 6.45) is 2.29. The first kappa shape index (κ1) is 12.2. The molecule has 1 saturated heterocycles. The molecule has 1 atom stereocenters. The molecule has 2 aromatic rings. The van der Waals surface area contributed by atoms with Crippen molar-refractivity contribution in [3.8, 4) is 11.1 Å². The van der Waals surface area contributed by atoms with Gasteiger partial charge in [-0.3, -0.25) is 0 Å². The summed E-state index contributed by atoms with van der Waals surface area (Å²) in [6.45, 7) is 0. The van der Waals surface area contributed by atoms with Crippen molar-refractivity contribution in [3.05, 3.63) is 36.5 Å². The Morgan fingerprint density at radius 3 is 2.63 bits per heavy atom. The average Bonchev–Trinajstić information content (AvgIpc) is 2.93. The van der Waals surface area contributed by atoms with Gasteiger partial charge >= 0.3 is 0 Å². The Morgan fingerprint density at radius 2 is 2.00 bits per heavy atom. The van der Waals surface area contributed by atoms with Gasteiger partial charge in [0.25, 0.3) is 0 Å². The quantitative estimate of drug-likeness (QED) is 0.902. The van der Waals surface area contributed by atoms with E-state index in [1.165, 1.54) is 0 Å². The van der Waals surface area contributed by atoms with Gasteiger partial charge in [0, 0.05) is 5.56 Å². The Bertz CT molecular complexity index is 692. The summed E-state index contributed by atoms with van der Waals surface area (Å²) in [4.78, 5) is 0. The first-order valence-electron chi connectivity index (χ1n) is 6.16. The van der Waals surface area contributed by atoms with Gasteiger partial charge in [-0.15, -0.1) is 0 Å². The molecule has 1 aromatic carbocycles. The third-order valence-corrected chi connectivity index (χ3v) is 5.22. The second kappa shape index (κ2) is 4.38. The number of nitrogens with two attached hydrogens (primary N) is 1. The zero-order valence-corrected chi connectivity index (χ0v) is 11.2. The molecule has 2 heterocycles. The highest BCUT2D eigenvalue weighted by Crippen LogP contribution is 2.31. The Balaban J connectivity index is 1.96. The van der Waals surface area contributed by atoms with Crippen molar-refractivity contribution in [1.82, 2.24) is 9.78 Å². The summed E-state index contributed by atoms with van der Waals surface area (Å²) in [7, 11) is -2.93. The van der Waals surface area contributed by atoms with E-state index in [2.05, 4.69) is 5.10 Å². The minimum atomic E-state index is -2.93. The minimum Gasteiger partial charge on any atom is -0.383 e. The standard InChI is InChI=1S/C13H15N3O2S/c14-13-12(10-4-2-1-3-5-10)8-15-16(13)11-6-7-19(17,18)9-11/h1-5,8,11H,6-7,9,14H2/t11-/m0/s1. The van der Waals surface area contributed by atoms with Crippen LogP contribution >= 0.6 is 0 Å². The topological polar surface area (TPSA) is 78.0 Å². The molecule has 0 amide bonds. The zero-order chi connectivity index (χ0) is 13.5. The highest BCUT2D eigenvalue weighted by Gasteiger charge is 2.31. The number of hydrogen-bond acceptors (Lipinski definition) is 4. The van der Waals surface area contributed by atoms with Crippen molar-refractivity contribution < 1.29 is 8.42 Å². The third kappa shape index (κ3) is 2.23. The van der Waals surface area contributed by atoms with Gasteiger partial charge in [0.2, 0.25) is 0 Å². The van der Waals surface area contributed by atoms with Crippen LogP contribution < -0.4 is 5.73 Å². The predicted octanol–water partition coefficient (Wildman–Crippen LogP) is 1.49. The molecule has 0 spiro atoms. The summed E-state index contributed by atoms with van der Waals surface area (Å²) in [5.41, 5.74) is 7.95. The number of anilines is 1. The van der Waals surface area contributed by atoms with Crippen LogP contribution in [0.1, 0.15) is 12.5 Å². The number of aromatic nitrogens is 2. The molecule has 0 saturated carbocycles. The zero-order valence-electron chi connectivity index (χ0n) is 10.4. The predicted molar refractivity (Wildman–Crippen MR) is 74.4 cm³/mol. The van der Waals surface area contributed by atoms with Crippen molar-refractivity contribution in [3.63, 3.8) is 0 Å². The molecule has 1 aromatic heterocycles. The van der Waals surface area contributed by atoms with E-state index in [1.807, 2.05) is 30.3 Å². The number of rotatable bonds is 2. The maximum atomic E-state index is 11.5. The Kier molecular flexibility index (Phi) is 2.82.